The van der Waals surface area contributed by atoms with Gasteiger partial charge in [0.1, 0.15) is 11.5 Å². The second-order valence-corrected chi connectivity index (χ2v) is 4.84. The van der Waals surface area contributed by atoms with Crippen molar-refractivity contribution in [1.29, 1.82) is 0 Å². The number of thioether (sulfide) groups is 1. The van der Waals surface area contributed by atoms with Crippen LogP contribution in [0.1, 0.15) is 0 Å². The topological polar surface area (TPSA) is 82.3 Å². The number of methoxy groups -OCH3 is 1. The molecule has 0 saturated carbocycles. The van der Waals surface area contributed by atoms with E-state index >= 15 is 0 Å². The van der Waals surface area contributed by atoms with Crippen LogP contribution in [0, 0.1) is 0 Å². The van der Waals surface area contributed by atoms with Crippen LogP contribution in [0.25, 0.3) is 0 Å². The maximum Gasteiger partial charge on any atom is 0.209 e. The highest BCUT2D eigenvalue weighted by molar-refractivity contribution is 7.99. The molecule has 0 aliphatic carbocycles. The van der Waals surface area contributed by atoms with E-state index in [-0.39, 0.29) is 6.61 Å². The first-order valence-corrected chi connectivity index (χ1v) is 7.08. The standard InChI is InChI=1S/C12H16N4O3S/c1-18-10-2-4-11(5-3-10)19-8-9-20-12-13-14-15-16(12)6-7-17/h2-5,17H,6-9H2,1H3. The monoisotopic (exact) mass is 296 g/mol. The summed E-state index contributed by atoms with van der Waals surface area (Å²) in [6.07, 6.45) is 0. The Hall–Kier alpha value is -1.80. The zero-order chi connectivity index (χ0) is 14.2. The highest BCUT2D eigenvalue weighted by atomic mass is 32.2. The molecule has 0 unspecified atom stereocenters. The van der Waals surface area contributed by atoms with Crippen molar-refractivity contribution >= 4 is 11.8 Å². The van der Waals surface area contributed by atoms with E-state index in [1.807, 2.05) is 24.3 Å². The molecule has 108 valence electrons. The molecule has 0 aliphatic heterocycles. The van der Waals surface area contributed by atoms with Crippen LogP contribution in [-0.4, -0.2) is 51.4 Å². The van der Waals surface area contributed by atoms with Crippen molar-refractivity contribution < 1.29 is 14.6 Å². The molecule has 0 aliphatic rings. The van der Waals surface area contributed by atoms with Gasteiger partial charge in [0.2, 0.25) is 5.16 Å². The van der Waals surface area contributed by atoms with Crippen molar-refractivity contribution in [3.63, 3.8) is 0 Å². The number of hydrogen-bond acceptors (Lipinski definition) is 7. The minimum absolute atomic E-state index is 0.0148. The number of tetrazole rings is 1. The molecular weight excluding hydrogens is 280 g/mol. The zero-order valence-electron chi connectivity index (χ0n) is 11.1. The predicted molar refractivity (Wildman–Crippen MR) is 74.1 cm³/mol. The molecule has 0 radical (unpaired) electrons. The van der Waals surface area contributed by atoms with Gasteiger partial charge in [0, 0.05) is 5.75 Å². The van der Waals surface area contributed by atoms with Gasteiger partial charge < -0.3 is 14.6 Å². The molecule has 0 atom stereocenters. The van der Waals surface area contributed by atoms with Crippen molar-refractivity contribution in [2.75, 3.05) is 26.1 Å². The van der Waals surface area contributed by atoms with Gasteiger partial charge in [-0.15, -0.1) is 5.10 Å². The number of aliphatic hydroxyl groups is 1. The van der Waals surface area contributed by atoms with Crippen molar-refractivity contribution in [3.05, 3.63) is 24.3 Å². The zero-order valence-corrected chi connectivity index (χ0v) is 11.9. The number of hydrogen-bond donors (Lipinski definition) is 1. The first-order valence-electron chi connectivity index (χ1n) is 6.10. The van der Waals surface area contributed by atoms with Crippen molar-refractivity contribution in [2.24, 2.45) is 0 Å². The lowest BCUT2D eigenvalue weighted by Crippen LogP contribution is -2.07. The summed E-state index contributed by atoms with van der Waals surface area (Å²) in [4.78, 5) is 0. The summed E-state index contributed by atoms with van der Waals surface area (Å²) in [7, 11) is 1.63. The van der Waals surface area contributed by atoms with Gasteiger partial charge in [0.05, 0.1) is 26.9 Å². The molecule has 0 fully saturated rings. The van der Waals surface area contributed by atoms with E-state index in [1.54, 1.807) is 11.8 Å². The maximum atomic E-state index is 8.86. The molecule has 7 nitrogen and oxygen atoms in total. The molecule has 2 aromatic rings. The fourth-order valence-electron chi connectivity index (χ4n) is 1.50. The Kier molecular flexibility index (Phi) is 5.63. The van der Waals surface area contributed by atoms with E-state index in [0.29, 0.717) is 18.3 Å². The van der Waals surface area contributed by atoms with E-state index < -0.39 is 0 Å². The molecule has 0 spiro atoms. The number of ether oxygens (including phenoxy) is 2. The van der Waals surface area contributed by atoms with Crippen molar-refractivity contribution in [1.82, 2.24) is 20.2 Å². The number of rotatable bonds is 8. The van der Waals surface area contributed by atoms with Crippen molar-refractivity contribution in [3.8, 4) is 11.5 Å². The maximum absolute atomic E-state index is 8.86. The third kappa shape index (κ3) is 4.10. The molecule has 1 aromatic heterocycles. The van der Waals surface area contributed by atoms with Gasteiger partial charge in [-0.3, -0.25) is 0 Å². The lowest BCUT2D eigenvalue weighted by atomic mass is 10.3. The van der Waals surface area contributed by atoms with Crippen LogP contribution in [0.2, 0.25) is 0 Å². The quantitative estimate of drug-likeness (QED) is 0.571. The average Bonchev–Trinajstić information content (AvgIpc) is 2.92. The fraction of sp³-hybridized carbons (Fsp3) is 0.417. The summed E-state index contributed by atoms with van der Waals surface area (Å²) >= 11 is 1.49. The van der Waals surface area contributed by atoms with Gasteiger partial charge in [-0.05, 0) is 34.7 Å². The van der Waals surface area contributed by atoms with E-state index in [2.05, 4.69) is 15.5 Å². The van der Waals surface area contributed by atoms with E-state index in [1.165, 1.54) is 11.8 Å². The van der Waals surface area contributed by atoms with Gasteiger partial charge in [0.15, 0.2) is 0 Å². The van der Waals surface area contributed by atoms with E-state index in [4.69, 9.17) is 14.6 Å². The second kappa shape index (κ2) is 7.71. The Morgan fingerprint density at radius 3 is 2.70 bits per heavy atom. The average molecular weight is 296 g/mol. The van der Waals surface area contributed by atoms with Crippen LogP contribution in [0.5, 0.6) is 11.5 Å². The largest absolute Gasteiger partial charge is 0.497 e. The molecule has 20 heavy (non-hydrogen) atoms. The Labute approximate surface area is 120 Å². The minimum atomic E-state index is 0.0148. The molecule has 1 aromatic carbocycles. The lowest BCUT2D eigenvalue weighted by molar-refractivity contribution is 0.262. The Morgan fingerprint density at radius 2 is 2.00 bits per heavy atom. The molecular formula is C12H16N4O3S. The summed E-state index contributed by atoms with van der Waals surface area (Å²) in [5.41, 5.74) is 0. The predicted octanol–water partition coefficient (Wildman–Crippen LogP) is 0.845. The molecule has 0 saturated heterocycles. The SMILES string of the molecule is COc1ccc(OCCSc2nnnn2CCO)cc1. The van der Waals surface area contributed by atoms with Gasteiger partial charge >= 0.3 is 0 Å². The van der Waals surface area contributed by atoms with Crippen molar-refractivity contribution in [2.45, 2.75) is 11.7 Å². The highest BCUT2D eigenvalue weighted by Crippen LogP contribution is 2.18. The Morgan fingerprint density at radius 1 is 1.25 bits per heavy atom. The third-order valence-corrected chi connectivity index (χ3v) is 3.37. The summed E-state index contributed by atoms with van der Waals surface area (Å²) in [5, 5.41) is 20.8. The molecule has 0 bridgehead atoms. The molecule has 0 amide bonds. The van der Waals surface area contributed by atoms with Gasteiger partial charge in [0.25, 0.3) is 0 Å². The molecule has 2 rings (SSSR count). The molecule has 1 heterocycles. The summed E-state index contributed by atoms with van der Waals surface area (Å²) in [5.74, 6) is 2.31. The smallest absolute Gasteiger partial charge is 0.209 e. The minimum Gasteiger partial charge on any atom is -0.497 e. The number of nitrogens with zero attached hydrogens (tertiary/aromatic N) is 4. The van der Waals surface area contributed by atoms with Gasteiger partial charge in [-0.2, -0.15) is 0 Å². The number of aliphatic hydroxyl groups excluding tert-OH is 1. The van der Waals surface area contributed by atoms with Crippen LogP contribution in [-0.2, 0) is 6.54 Å². The second-order valence-electron chi connectivity index (χ2n) is 3.78. The Balaban J connectivity index is 1.74. The van der Waals surface area contributed by atoms with Crippen LogP contribution in [0.3, 0.4) is 0 Å². The van der Waals surface area contributed by atoms with E-state index in [0.717, 1.165) is 17.3 Å². The summed E-state index contributed by atoms with van der Waals surface area (Å²) < 4.78 is 12.2. The first kappa shape index (κ1) is 14.6. The van der Waals surface area contributed by atoms with Gasteiger partial charge in [-0.1, -0.05) is 11.8 Å². The van der Waals surface area contributed by atoms with Crippen LogP contribution >= 0.6 is 11.8 Å². The fourth-order valence-corrected chi connectivity index (χ4v) is 2.22. The summed E-state index contributed by atoms with van der Waals surface area (Å²) in [6.45, 7) is 0.957. The first-order chi connectivity index (χ1) is 9.83. The lowest BCUT2D eigenvalue weighted by Gasteiger charge is -2.06. The van der Waals surface area contributed by atoms with E-state index in [9.17, 15) is 0 Å². The van der Waals surface area contributed by atoms with Crippen LogP contribution < -0.4 is 9.47 Å². The number of benzene rings is 1. The normalized spacial score (nSPS) is 10.5. The summed E-state index contributed by atoms with van der Waals surface area (Å²) in [6, 6.07) is 7.42. The van der Waals surface area contributed by atoms with Crippen LogP contribution in [0.15, 0.2) is 29.4 Å². The van der Waals surface area contributed by atoms with Gasteiger partial charge in [-0.25, -0.2) is 4.68 Å². The molecule has 1 N–H and O–H groups in total. The Bertz CT molecular complexity index is 518. The molecule has 8 heteroatoms. The van der Waals surface area contributed by atoms with Crippen LogP contribution in [0.4, 0.5) is 0 Å². The third-order valence-electron chi connectivity index (χ3n) is 2.45. The number of aromatic nitrogens is 4. The highest BCUT2D eigenvalue weighted by Gasteiger charge is 2.05.